The van der Waals surface area contributed by atoms with Crippen LogP contribution in [0.15, 0.2) is 71.9 Å². The number of aromatic nitrogens is 2. The standard InChI is InChI=1S/C28H29ClN4O2S/c29-21-8-9-27-24(18-21)25(19-31-27)20-10-15-32(16-11-20)17-12-22-4-3-14-33(22)36(34,35)28-7-1-6-26-23(28)5-2-13-30-26/h1-2,5-10,13,18-19,22,31H,3-4,11-12,14-17H2/t22-/m0/s1. The summed E-state index contributed by atoms with van der Waals surface area (Å²) in [5.41, 5.74) is 4.38. The molecule has 6 rings (SSSR count). The van der Waals surface area contributed by atoms with E-state index in [4.69, 9.17) is 11.6 Å². The molecule has 2 aromatic heterocycles. The van der Waals surface area contributed by atoms with Crippen molar-refractivity contribution in [2.75, 3.05) is 26.2 Å². The van der Waals surface area contributed by atoms with Gasteiger partial charge in [-0.2, -0.15) is 4.31 Å². The van der Waals surface area contributed by atoms with Crippen LogP contribution in [0.25, 0.3) is 27.4 Å². The molecule has 1 atom stereocenters. The molecule has 0 amide bonds. The summed E-state index contributed by atoms with van der Waals surface area (Å²) in [6.07, 6.45) is 9.70. The van der Waals surface area contributed by atoms with Gasteiger partial charge in [-0.15, -0.1) is 0 Å². The molecule has 0 saturated carbocycles. The maximum atomic E-state index is 13.7. The lowest BCUT2D eigenvalue weighted by Gasteiger charge is -2.30. The predicted octanol–water partition coefficient (Wildman–Crippen LogP) is 5.70. The minimum Gasteiger partial charge on any atom is -0.361 e. The summed E-state index contributed by atoms with van der Waals surface area (Å²) in [7, 11) is -3.58. The molecule has 6 nitrogen and oxygen atoms in total. The number of halogens is 1. The summed E-state index contributed by atoms with van der Waals surface area (Å²) >= 11 is 6.23. The van der Waals surface area contributed by atoms with Crippen LogP contribution < -0.4 is 0 Å². The lowest BCUT2D eigenvalue weighted by molar-refractivity contribution is 0.263. The number of hydrogen-bond acceptors (Lipinski definition) is 4. The molecule has 36 heavy (non-hydrogen) atoms. The number of hydrogen-bond donors (Lipinski definition) is 1. The van der Waals surface area contributed by atoms with E-state index in [0.29, 0.717) is 22.3 Å². The second-order valence-electron chi connectivity index (χ2n) is 9.70. The van der Waals surface area contributed by atoms with Crippen molar-refractivity contribution in [1.29, 1.82) is 0 Å². The molecule has 0 bridgehead atoms. The molecule has 2 aromatic carbocycles. The zero-order chi connectivity index (χ0) is 24.7. The molecule has 186 valence electrons. The van der Waals surface area contributed by atoms with Gasteiger partial charge in [0.1, 0.15) is 0 Å². The highest BCUT2D eigenvalue weighted by Crippen LogP contribution is 2.33. The van der Waals surface area contributed by atoms with Crippen LogP contribution >= 0.6 is 11.6 Å². The maximum absolute atomic E-state index is 13.7. The molecule has 0 unspecified atom stereocenters. The fraction of sp³-hybridized carbons (Fsp3) is 0.321. The monoisotopic (exact) mass is 520 g/mol. The highest BCUT2D eigenvalue weighted by molar-refractivity contribution is 7.89. The molecule has 1 saturated heterocycles. The van der Waals surface area contributed by atoms with Crippen LogP contribution in [0.2, 0.25) is 5.02 Å². The van der Waals surface area contributed by atoms with Crippen molar-refractivity contribution in [3.05, 3.63) is 77.6 Å². The van der Waals surface area contributed by atoms with Gasteiger partial charge in [0.2, 0.25) is 10.0 Å². The van der Waals surface area contributed by atoms with Crippen LogP contribution in [0.3, 0.4) is 0 Å². The molecule has 4 heterocycles. The van der Waals surface area contributed by atoms with Crippen LogP contribution in [0.1, 0.15) is 31.2 Å². The second-order valence-corrected chi connectivity index (χ2v) is 12.0. The first-order chi connectivity index (χ1) is 17.5. The Hall–Kier alpha value is -2.71. The Morgan fingerprint density at radius 3 is 2.86 bits per heavy atom. The van der Waals surface area contributed by atoms with E-state index in [9.17, 15) is 8.42 Å². The third kappa shape index (κ3) is 4.34. The average molecular weight is 521 g/mol. The van der Waals surface area contributed by atoms with Crippen molar-refractivity contribution in [3.8, 4) is 0 Å². The van der Waals surface area contributed by atoms with Gasteiger partial charge in [0, 0.05) is 64.9 Å². The molecule has 1 fully saturated rings. The number of pyridine rings is 1. The van der Waals surface area contributed by atoms with Crippen molar-refractivity contribution >= 4 is 49.0 Å². The zero-order valence-corrected chi connectivity index (χ0v) is 21.6. The highest BCUT2D eigenvalue weighted by atomic mass is 35.5. The number of sulfonamides is 1. The first kappa shape index (κ1) is 23.7. The molecule has 0 radical (unpaired) electrons. The number of nitrogens with one attached hydrogen (secondary N) is 1. The molecular weight excluding hydrogens is 492 g/mol. The van der Waals surface area contributed by atoms with Crippen LogP contribution in [-0.2, 0) is 10.0 Å². The van der Waals surface area contributed by atoms with Crippen molar-refractivity contribution < 1.29 is 8.42 Å². The van der Waals surface area contributed by atoms with E-state index >= 15 is 0 Å². The maximum Gasteiger partial charge on any atom is 0.243 e. The summed E-state index contributed by atoms with van der Waals surface area (Å²) in [6, 6.07) is 15.0. The second kappa shape index (κ2) is 9.63. The average Bonchev–Trinajstić information content (AvgIpc) is 3.55. The Balaban J connectivity index is 1.14. The summed E-state index contributed by atoms with van der Waals surface area (Å²) in [5, 5.41) is 2.60. The van der Waals surface area contributed by atoms with E-state index in [-0.39, 0.29) is 6.04 Å². The van der Waals surface area contributed by atoms with Crippen LogP contribution in [0, 0.1) is 0 Å². The van der Waals surface area contributed by atoms with Crippen molar-refractivity contribution in [2.24, 2.45) is 0 Å². The van der Waals surface area contributed by atoms with E-state index in [1.54, 1.807) is 28.7 Å². The number of rotatable bonds is 6. The largest absolute Gasteiger partial charge is 0.361 e. The molecule has 8 heteroatoms. The van der Waals surface area contributed by atoms with Crippen LogP contribution in [0.4, 0.5) is 0 Å². The summed E-state index contributed by atoms with van der Waals surface area (Å²) < 4.78 is 29.1. The van der Waals surface area contributed by atoms with Gasteiger partial charge in [0.05, 0.1) is 10.4 Å². The van der Waals surface area contributed by atoms with Gasteiger partial charge < -0.3 is 4.98 Å². The summed E-state index contributed by atoms with van der Waals surface area (Å²) in [4.78, 5) is 10.5. The van der Waals surface area contributed by atoms with Gasteiger partial charge in [0.15, 0.2) is 0 Å². The molecule has 2 aliphatic rings. The zero-order valence-electron chi connectivity index (χ0n) is 20.0. The minimum atomic E-state index is -3.58. The minimum absolute atomic E-state index is 0.0306. The Morgan fingerprint density at radius 2 is 2.00 bits per heavy atom. The highest BCUT2D eigenvalue weighted by Gasteiger charge is 2.36. The van der Waals surface area contributed by atoms with Crippen LogP contribution in [0.5, 0.6) is 0 Å². The van der Waals surface area contributed by atoms with E-state index in [1.165, 1.54) is 11.1 Å². The van der Waals surface area contributed by atoms with E-state index < -0.39 is 10.0 Å². The van der Waals surface area contributed by atoms with Crippen molar-refractivity contribution in [3.63, 3.8) is 0 Å². The SMILES string of the molecule is O=S(=O)(c1cccc2ncccc12)N1CCC[C@H]1CCN1CC=C(c2c[nH]c3ccc(Cl)cc23)CC1. The van der Waals surface area contributed by atoms with Crippen LogP contribution in [-0.4, -0.2) is 59.8 Å². The number of nitrogens with zero attached hydrogens (tertiary/aromatic N) is 3. The Bertz CT molecular complexity index is 1560. The summed E-state index contributed by atoms with van der Waals surface area (Å²) in [5.74, 6) is 0. The summed E-state index contributed by atoms with van der Waals surface area (Å²) in [6.45, 7) is 3.30. The van der Waals surface area contributed by atoms with E-state index in [0.717, 1.165) is 61.2 Å². The molecule has 1 N–H and O–H groups in total. The smallest absolute Gasteiger partial charge is 0.243 e. The number of aromatic amines is 1. The third-order valence-electron chi connectivity index (χ3n) is 7.58. The number of benzene rings is 2. The predicted molar refractivity (Wildman–Crippen MR) is 146 cm³/mol. The normalized spacial score (nSPS) is 19.8. The molecular formula is C28H29ClN4O2S. The van der Waals surface area contributed by atoms with Crippen molar-refractivity contribution in [2.45, 2.75) is 36.6 Å². The fourth-order valence-corrected chi connectivity index (χ4v) is 7.79. The number of H-pyrrole nitrogens is 1. The Kier molecular flexibility index (Phi) is 6.33. The molecule has 2 aliphatic heterocycles. The van der Waals surface area contributed by atoms with Crippen molar-refractivity contribution in [1.82, 2.24) is 19.2 Å². The van der Waals surface area contributed by atoms with Gasteiger partial charge in [-0.1, -0.05) is 23.7 Å². The lowest BCUT2D eigenvalue weighted by Crippen LogP contribution is -2.39. The first-order valence-electron chi connectivity index (χ1n) is 12.5. The quantitative estimate of drug-likeness (QED) is 0.354. The fourth-order valence-electron chi connectivity index (χ4n) is 5.69. The van der Waals surface area contributed by atoms with E-state index in [2.05, 4.69) is 27.1 Å². The van der Waals surface area contributed by atoms with Gasteiger partial charge in [0.25, 0.3) is 0 Å². The lowest BCUT2D eigenvalue weighted by atomic mass is 9.98. The third-order valence-corrected chi connectivity index (χ3v) is 9.82. The van der Waals surface area contributed by atoms with Gasteiger partial charge in [-0.05, 0) is 80.3 Å². The van der Waals surface area contributed by atoms with Gasteiger partial charge in [-0.3, -0.25) is 9.88 Å². The Morgan fingerprint density at radius 1 is 1.08 bits per heavy atom. The molecule has 4 aromatic rings. The Labute approximate surface area is 216 Å². The number of fused-ring (bicyclic) bond motifs is 2. The van der Waals surface area contributed by atoms with Gasteiger partial charge >= 0.3 is 0 Å². The topological polar surface area (TPSA) is 69.3 Å². The van der Waals surface area contributed by atoms with Gasteiger partial charge in [-0.25, -0.2) is 8.42 Å². The van der Waals surface area contributed by atoms with E-state index in [1.807, 2.05) is 30.3 Å². The molecule has 0 aliphatic carbocycles. The first-order valence-corrected chi connectivity index (χ1v) is 14.4. The molecule has 0 spiro atoms.